The number of ether oxygens (including phenoxy) is 1. The second-order valence-electron chi connectivity index (χ2n) is 6.30. The van der Waals surface area contributed by atoms with E-state index in [0.717, 1.165) is 6.42 Å². The molecule has 0 aliphatic heterocycles. The van der Waals surface area contributed by atoms with Gasteiger partial charge < -0.3 is 10.1 Å². The van der Waals surface area contributed by atoms with Crippen molar-refractivity contribution >= 4 is 29.1 Å². The van der Waals surface area contributed by atoms with Crippen LogP contribution in [0.4, 0.5) is 11.4 Å². The van der Waals surface area contributed by atoms with E-state index in [0.29, 0.717) is 12.1 Å². The van der Waals surface area contributed by atoms with Crippen molar-refractivity contribution in [2.45, 2.75) is 32.8 Å². The maximum atomic E-state index is 12.2. The Bertz CT molecular complexity index is 929. The summed E-state index contributed by atoms with van der Waals surface area (Å²) in [6, 6.07) is 11.8. The molecule has 2 rings (SSSR count). The number of para-hydroxylation sites is 2. The number of nitrogens with one attached hydrogen (secondary N) is 3. The van der Waals surface area contributed by atoms with E-state index in [4.69, 9.17) is 4.74 Å². The van der Waals surface area contributed by atoms with Gasteiger partial charge in [-0.25, -0.2) is 0 Å². The van der Waals surface area contributed by atoms with Crippen molar-refractivity contribution < 1.29 is 24.0 Å². The fourth-order valence-electron chi connectivity index (χ4n) is 2.40. The molecule has 3 amide bonds. The van der Waals surface area contributed by atoms with Gasteiger partial charge in [0.2, 0.25) is 5.91 Å². The van der Waals surface area contributed by atoms with Crippen molar-refractivity contribution in [1.29, 1.82) is 0 Å². The van der Waals surface area contributed by atoms with Crippen molar-refractivity contribution in [1.82, 2.24) is 10.9 Å². The quantitative estimate of drug-likeness (QED) is 0.448. The molecule has 10 heteroatoms. The molecule has 0 bridgehead atoms. The standard InChI is InChI=1S/C20H22N4O6/c1-3-6-18(25)21-15-11-9-14(10-12-15)20(27)23-22-19(26)13(2)30-17-8-5-4-7-16(17)24(28)29/h4-5,7-13H,3,6H2,1-2H3,(H,21,25)(H,22,26)(H,23,27)/t13-/m0/s1. The van der Waals surface area contributed by atoms with Crippen LogP contribution in [0.3, 0.4) is 0 Å². The molecule has 3 N–H and O–H groups in total. The van der Waals surface area contributed by atoms with Crippen molar-refractivity contribution in [3.05, 3.63) is 64.2 Å². The minimum absolute atomic E-state index is 0.0582. The number of anilines is 1. The van der Waals surface area contributed by atoms with Gasteiger partial charge in [-0.2, -0.15) is 0 Å². The van der Waals surface area contributed by atoms with Crippen LogP contribution in [0.2, 0.25) is 0 Å². The fraction of sp³-hybridized carbons (Fsp3) is 0.250. The summed E-state index contributed by atoms with van der Waals surface area (Å²) in [5.74, 6) is -1.44. The Morgan fingerprint density at radius 2 is 1.73 bits per heavy atom. The average Bonchev–Trinajstić information content (AvgIpc) is 2.72. The van der Waals surface area contributed by atoms with Gasteiger partial charge in [0, 0.05) is 23.7 Å². The summed E-state index contributed by atoms with van der Waals surface area (Å²) >= 11 is 0. The summed E-state index contributed by atoms with van der Waals surface area (Å²) < 4.78 is 5.33. The molecule has 158 valence electrons. The number of hydrazine groups is 1. The number of hydrogen-bond acceptors (Lipinski definition) is 6. The van der Waals surface area contributed by atoms with Crippen LogP contribution in [-0.4, -0.2) is 28.7 Å². The molecular weight excluding hydrogens is 392 g/mol. The summed E-state index contributed by atoms with van der Waals surface area (Å²) in [4.78, 5) is 46.3. The van der Waals surface area contributed by atoms with E-state index in [1.807, 2.05) is 6.92 Å². The van der Waals surface area contributed by atoms with Gasteiger partial charge in [-0.3, -0.25) is 35.3 Å². The number of nitro groups is 1. The van der Waals surface area contributed by atoms with Gasteiger partial charge in [-0.05, 0) is 43.7 Å². The number of carbonyl (C=O) groups excluding carboxylic acids is 3. The highest BCUT2D eigenvalue weighted by Gasteiger charge is 2.21. The number of hydrogen-bond donors (Lipinski definition) is 3. The SMILES string of the molecule is CCCC(=O)Nc1ccc(C(=O)NNC(=O)[C@H](C)Oc2ccccc2[N+](=O)[O-])cc1. The smallest absolute Gasteiger partial charge is 0.310 e. The number of nitrogens with zero attached hydrogens (tertiary/aromatic N) is 1. The van der Waals surface area contributed by atoms with E-state index < -0.39 is 22.8 Å². The Hall–Kier alpha value is -3.95. The Kier molecular flexibility index (Phi) is 7.86. The first-order valence-electron chi connectivity index (χ1n) is 9.22. The molecule has 0 aliphatic carbocycles. The van der Waals surface area contributed by atoms with Gasteiger partial charge in [-0.1, -0.05) is 19.1 Å². The molecule has 0 aliphatic rings. The zero-order valence-electron chi connectivity index (χ0n) is 16.5. The lowest BCUT2D eigenvalue weighted by atomic mass is 10.2. The predicted molar refractivity (Wildman–Crippen MR) is 109 cm³/mol. The molecule has 0 saturated carbocycles. The summed E-state index contributed by atoms with van der Waals surface area (Å²) in [6.45, 7) is 3.29. The maximum absolute atomic E-state index is 12.2. The van der Waals surface area contributed by atoms with Gasteiger partial charge >= 0.3 is 5.69 Å². The minimum atomic E-state index is -1.09. The summed E-state index contributed by atoms with van der Waals surface area (Å²) in [7, 11) is 0. The molecule has 0 heterocycles. The molecular formula is C20H22N4O6. The molecule has 10 nitrogen and oxygen atoms in total. The highest BCUT2D eigenvalue weighted by molar-refractivity contribution is 5.97. The van der Waals surface area contributed by atoms with Crippen LogP contribution in [0, 0.1) is 10.1 Å². The topological polar surface area (TPSA) is 140 Å². The monoisotopic (exact) mass is 414 g/mol. The molecule has 0 saturated heterocycles. The number of benzene rings is 2. The van der Waals surface area contributed by atoms with Gasteiger partial charge in [0.1, 0.15) is 0 Å². The zero-order chi connectivity index (χ0) is 22.1. The molecule has 0 aromatic heterocycles. The predicted octanol–water partition coefficient (Wildman–Crippen LogP) is 2.56. The van der Waals surface area contributed by atoms with Gasteiger partial charge in [-0.15, -0.1) is 0 Å². The van der Waals surface area contributed by atoms with Crippen LogP contribution in [0.25, 0.3) is 0 Å². The first-order valence-corrected chi connectivity index (χ1v) is 9.22. The maximum Gasteiger partial charge on any atom is 0.310 e. The van der Waals surface area contributed by atoms with Crippen LogP contribution >= 0.6 is 0 Å². The highest BCUT2D eigenvalue weighted by Crippen LogP contribution is 2.26. The normalized spacial score (nSPS) is 11.1. The van der Waals surface area contributed by atoms with Crippen molar-refractivity contribution in [3.63, 3.8) is 0 Å². The zero-order valence-corrected chi connectivity index (χ0v) is 16.5. The van der Waals surface area contributed by atoms with Crippen LogP contribution in [0.15, 0.2) is 48.5 Å². The largest absolute Gasteiger partial charge is 0.474 e. The van der Waals surface area contributed by atoms with E-state index in [-0.39, 0.29) is 22.9 Å². The highest BCUT2D eigenvalue weighted by atomic mass is 16.6. The second-order valence-corrected chi connectivity index (χ2v) is 6.30. The third kappa shape index (κ3) is 6.30. The number of rotatable bonds is 8. The Morgan fingerprint density at radius 3 is 2.37 bits per heavy atom. The number of amides is 3. The van der Waals surface area contributed by atoms with Crippen LogP contribution in [0.5, 0.6) is 5.75 Å². The fourth-order valence-corrected chi connectivity index (χ4v) is 2.40. The lowest BCUT2D eigenvalue weighted by Crippen LogP contribution is -2.47. The summed E-state index contributed by atoms with van der Waals surface area (Å²) in [5.41, 5.74) is 5.00. The molecule has 2 aromatic rings. The van der Waals surface area contributed by atoms with Gasteiger partial charge in [0.15, 0.2) is 11.9 Å². The molecule has 1 atom stereocenters. The third-order valence-corrected chi connectivity index (χ3v) is 3.94. The Morgan fingerprint density at radius 1 is 1.07 bits per heavy atom. The molecule has 2 aromatic carbocycles. The molecule has 0 unspecified atom stereocenters. The van der Waals surface area contributed by atoms with Crippen LogP contribution in [-0.2, 0) is 9.59 Å². The van der Waals surface area contributed by atoms with Crippen molar-refractivity contribution in [2.24, 2.45) is 0 Å². The number of carbonyl (C=O) groups is 3. The van der Waals surface area contributed by atoms with E-state index in [1.54, 1.807) is 18.2 Å². The Balaban J connectivity index is 1.89. The van der Waals surface area contributed by atoms with Crippen LogP contribution in [0.1, 0.15) is 37.0 Å². The van der Waals surface area contributed by atoms with E-state index >= 15 is 0 Å². The van der Waals surface area contributed by atoms with E-state index in [2.05, 4.69) is 16.2 Å². The number of nitro benzene ring substituents is 1. The molecule has 0 fully saturated rings. The average molecular weight is 414 g/mol. The van der Waals surface area contributed by atoms with Gasteiger partial charge in [0.05, 0.1) is 4.92 Å². The van der Waals surface area contributed by atoms with Gasteiger partial charge in [0.25, 0.3) is 11.8 Å². The van der Waals surface area contributed by atoms with E-state index in [1.165, 1.54) is 37.3 Å². The van der Waals surface area contributed by atoms with E-state index in [9.17, 15) is 24.5 Å². The first kappa shape index (κ1) is 22.3. The summed E-state index contributed by atoms with van der Waals surface area (Å²) in [6.07, 6.45) is 0.0365. The Labute approximate surface area is 172 Å². The second kappa shape index (κ2) is 10.6. The summed E-state index contributed by atoms with van der Waals surface area (Å²) in [5, 5.41) is 13.7. The van der Waals surface area contributed by atoms with Crippen molar-refractivity contribution in [2.75, 3.05) is 5.32 Å². The lowest BCUT2D eigenvalue weighted by molar-refractivity contribution is -0.386. The molecule has 30 heavy (non-hydrogen) atoms. The minimum Gasteiger partial charge on any atom is -0.474 e. The molecule has 0 spiro atoms. The third-order valence-electron chi connectivity index (χ3n) is 3.94. The lowest BCUT2D eigenvalue weighted by Gasteiger charge is -2.15. The molecule has 0 radical (unpaired) electrons. The first-order chi connectivity index (χ1) is 14.3. The van der Waals surface area contributed by atoms with Crippen LogP contribution < -0.4 is 20.9 Å². The van der Waals surface area contributed by atoms with Crippen molar-refractivity contribution in [3.8, 4) is 5.75 Å².